The van der Waals surface area contributed by atoms with E-state index in [-0.39, 0.29) is 23.5 Å². The van der Waals surface area contributed by atoms with Gasteiger partial charge >= 0.3 is 6.18 Å². The maximum atomic E-state index is 12.9. The molecule has 0 spiro atoms. The number of alkyl halides is 3. The Hall–Kier alpha value is -2.16. The Morgan fingerprint density at radius 2 is 1.90 bits per heavy atom. The Labute approximate surface area is 173 Å². The molecule has 0 radical (unpaired) electrons. The molecule has 1 N–H and O–H groups in total. The number of piperidine rings is 1. The van der Waals surface area contributed by atoms with Gasteiger partial charge in [0.25, 0.3) is 0 Å². The third-order valence-electron chi connectivity index (χ3n) is 6.53. The third kappa shape index (κ3) is 4.61. The van der Waals surface area contributed by atoms with Gasteiger partial charge < -0.3 is 5.32 Å². The number of likely N-dealkylation sites (tertiary alicyclic amines) is 1. The largest absolute Gasteiger partial charge is 0.416 e. The summed E-state index contributed by atoms with van der Waals surface area (Å²) < 4.78 is 40.4. The third-order valence-corrected chi connectivity index (χ3v) is 6.53. The Kier molecular flexibility index (Phi) is 5.99. The van der Waals surface area contributed by atoms with Crippen LogP contribution in [0.5, 0.6) is 0 Å². The molecule has 1 aliphatic carbocycles. The number of nitrogens with zero attached hydrogens (tertiary/aromatic N) is 4. The summed E-state index contributed by atoms with van der Waals surface area (Å²) in [7, 11) is 0. The molecule has 0 bridgehead atoms. The topological polar surface area (TPSA) is 63.1 Å². The summed E-state index contributed by atoms with van der Waals surface area (Å²) in [4.78, 5) is 14.6. The van der Waals surface area contributed by atoms with Gasteiger partial charge in [-0.15, -0.1) is 5.10 Å². The Morgan fingerprint density at radius 3 is 2.60 bits per heavy atom. The fourth-order valence-corrected chi connectivity index (χ4v) is 4.70. The Balaban J connectivity index is 1.33. The first-order valence-corrected chi connectivity index (χ1v) is 10.7. The van der Waals surface area contributed by atoms with Crippen LogP contribution >= 0.6 is 0 Å². The molecule has 2 atom stereocenters. The molecule has 0 unspecified atom stereocenters. The summed E-state index contributed by atoms with van der Waals surface area (Å²) in [6.07, 6.45) is 1.84. The maximum absolute atomic E-state index is 12.9. The molecule has 2 aliphatic rings. The lowest BCUT2D eigenvalue weighted by Crippen LogP contribution is -2.47. The first-order valence-electron chi connectivity index (χ1n) is 10.7. The lowest BCUT2D eigenvalue weighted by molar-refractivity contribution is -0.137. The monoisotopic (exact) mass is 423 g/mol. The zero-order chi connectivity index (χ0) is 21.3. The second kappa shape index (κ2) is 8.53. The standard InChI is InChI=1S/C21H28F3N5O/c1-14-4-2-3-5-17(14)25-20(30)13-28-10-8-16(9-11-28)29-19-7-6-15(21(22,23)24)12-18(19)26-27-29/h6-7,12,14,16-17H,2-5,8-11,13H2,1H3,(H,25,30)/t14-,17-/m0/s1. The Bertz CT molecular complexity index is 888. The normalized spacial score (nSPS) is 24.3. The highest BCUT2D eigenvalue weighted by atomic mass is 19.4. The van der Waals surface area contributed by atoms with Crippen LogP contribution in [0.3, 0.4) is 0 Å². The predicted octanol–water partition coefficient (Wildman–Crippen LogP) is 3.78. The summed E-state index contributed by atoms with van der Waals surface area (Å²) >= 11 is 0. The molecule has 9 heteroatoms. The highest BCUT2D eigenvalue weighted by Crippen LogP contribution is 2.32. The van der Waals surface area contributed by atoms with E-state index in [2.05, 4.69) is 27.5 Å². The van der Waals surface area contributed by atoms with Crippen molar-refractivity contribution in [1.29, 1.82) is 0 Å². The van der Waals surface area contributed by atoms with Crippen molar-refractivity contribution in [2.24, 2.45) is 5.92 Å². The van der Waals surface area contributed by atoms with Crippen LogP contribution in [0.15, 0.2) is 18.2 Å². The van der Waals surface area contributed by atoms with Crippen molar-refractivity contribution in [3.8, 4) is 0 Å². The van der Waals surface area contributed by atoms with Crippen LogP contribution in [-0.4, -0.2) is 51.5 Å². The molecule has 2 fully saturated rings. The number of hydrogen-bond donors (Lipinski definition) is 1. The molecule has 1 saturated carbocycles. The van der Waals surface area contributed by atoms with E-state index in [1.807, 2.05) is 0 Å². The quantitative estimate of drug-likeness (QED) is 0.813. The fraction of sp³-hybridized carbons (Fsp3) is 0.667. The second-order valence-corrected chi connectivity index (χ2v) is 8.68. The van der Waals surface area contributed by atoms with E-state index in [4.69, 9.17) is 0 Å². The van der Waals surface area contributed by atoms with Crippen LogP contribution in [-0.2, 0) is 11.0 Å². The summed E-state index contributed by atoms with van der Waals surface area (Å²) in [6, 6.07) is 3.93. The van der Waals surface area contributed by atoms with E-state index in [1.165, 1.54) is 25.3 Å². The van der Waals surface area contributed by atoms with Crippen molar-refractivity contribution >= 4 is 16.9 Å². The molecule has 2 heterocycles. The van der Waals surface area contributed by atoms with Gasteiger partial charge in [-0.1, -0.05) is 25.0 Å². The summed E-state index contributed by atoms with van der Waals surface area (Å²) in [5.74, 6) is 0.616. The van der Waals surface area contributed by atoms with Gasteiger partial charge in [-0.25, -0.2) is 4.68 Å². The zero-order valence-corrected chi connectivity index (χ0v) is 17.2. The van der Waals surface area contributed by atoms with Gasteiger partial charge in [0.05, 0.1) is 23.7 Å². The van der Waals surface area contributed by atoms with Gasteiger partial charge in [-0.2, -0.15) is 13.2 Å². The van der Waals surface area contributed by atoms with E-state index in [0.29, 0.717) is 18.0 Å². The number of aromatic nitrogens is 3. The first-order chi connectivity index (χ1) is 14.3. The van der Waals surface area contributed by atoms with Crippen LogP contribution in [0.2, 0.25) is 0 Å². The molecule has 1 aromatic heterocycles. The highest BCUT2D eigenvalue weighted by Gasteiger charge is 2.32. The minimum atomic E-state index is -4.39. The van der Waals surface area contributed by atoms with Gasteiger partial charge in [0, 0.05) is 19.1 Å². The number of fused-ring (bicyclic) bond motifs is 1. The van der Waals surface area contributed by atoms with E-state index < -0.39 is 11.7 Å². The number of carbonyl (C=O) groups is 1. The maximum Gasteiger partial charge on any atom is 0.416 e. The van der Waals surface area contributed by atoms with E-state index in [0.717, 1.165) is 44.5 Å². The molecule has 1 amide bonds. The lowest BCUT2D eigenvalue weighted by Gasteiger charge is -2.33. The van der Waals surface area contributed by atoms with Crippen molar-refractivity contribution in [2.45, 2.75) is 63.7 Å². The summed E-state index contributed by atoms with van der Waals surface area (Å²) in [5, 5.41) is 11.3. The number of carbonyl (C=O) groups excluding carboxylic acids is 1. The number of nitrogens with one attached hydrogen (secondary N) is 1. The van der Waals surface area contributed by atoms with Crippen LogP contribution < -0.4 is 5.32 Å². The molecular formula is C21H28F3N5O. The highest BCUT2D eigenvalue weighted by molar-refractivity contribution is 5.78. The number of benzene rings is 1. The van der Waals surface area contributed by atoms with Gasteiger partial charge in [0.2, 0.25) is 5.91 Å². The van der Waals surface area contributed by atoms with Crippen LogP contribution in [0.4, 0.5) is 13.2 Å². The van der Waals surface area contributed by atoms with E-state index >= 15 is 0 Å². The summed E-state index contributed by atoms with van der Waals surface area (Å²) in [5.41, 5.74) is 0.161. The SMILES string of the molecule is C[C@H]1CCCC[C@@H]1NC(=O)CN1CCC(n2nnc3cc(C(F)(F)F)ccc32)CC1. The minimum absolute atomic E-state index is 0.0735. The van der Waals surface area contributed by atoms with E-state index in [9.17, 15) is 18.0 Å². The molecule has 4 rings (SSSR count). The lowest BCUT2D eigenvalue weighted by atomic mass is 9.86. The summed E-state index contributed by atoms with van der Waals surface area (Å²) in [6.45, 7) is 4.10. The Morgan fingerprint density at radius 1 is 1.17 bits per heavy atom. The fourth-order valence-electron chi connectivity index (χ4n) is 4.70. The molecule has 1 aliphatic heterocycles. The zero-order valence-electron chi connectivity index (χ0n) is 17.2. The second-order valence-electron chi connectivity index (χ2n) is 8.68. The number of hydrogen-bond acceptors (Lipinski definition) is 4. The van der Waals surface area contributed by atoms with Crippen molar-refractivity contribution in [3.05, 3.63) is 23.8 Å². The molecule has 30 heavy (non-hydrogen) atoms. The number of rotatable bonds is 4. The van der Waals surface area contributed by atoms with Gasteiger partial charge in [0.15, 0.2) is 0 Å². The van der Waals surface area contributed by atoms with Crippen molar-refractivity contribution in [3.63, 3.8) is 0 Å². The molecule has 6 nitrogen and oxygen atoms in total. The average Bonchev–Trinajstić information content (AvgIpc) is 3.13. The smallest absolute Gasteiger partial charge is 0.352 e. The van der Waals surface area contributed by atoms with Crippen LogP contribution in [0.25, 0.3) is 11.0 Å². The molecule has 2 aromatic rings. The van der Waals surface area contributed by atoms with Crippen LogP contribution in [0, 0.1) is 5.92 Å². The van der Waals surface area contributed by atoms with Gasteiger partial charge in [-0.05, 0) is 49.8 Å². The number of halogens is 3. The van der Waals surface area contributed by atoms with Crippen LogP contribution in [0.1, 0.15) is 57.1 Å². The predicted molar refractivity (Wildman–Crippen MR) is 107 cm³/mol. The minimum Gasteiger partial charge on any atom is -0.352 e. The van der Waals surface area contributed by atoms with Crippen molar-refractivity contribution in [2.75, 3.05) is 19.6 Å². The van der Waals surface area contributed by atoms with E-state index in [1.54, 1.807) is 4.68 Å². The molecular weight excluding hydrogens is 395 g/mol. The van der Waals surface area contributed by atoms with Gasteiger partial charge in [0.1, 0.15) is 5.52 Å². The molecule has 1 saturated heterocycles. The molecule has 1 aromatic carbocycles. The first kappa shape index (κ1) is 21.1. The average molecular weight is 423 g/mol. The van der Waals surface area contributed by atoms with Gasteiger partial charge in [-0.3, -0.25) is 9.69 Å². The van der Waals surface area contributed by atoms with Crippen molar-refractivity contribution < 1.29 is 18.0 Å². The number of amides is 1. The molecule has 164 valence electrons. The van der Waals surface area contributed by atoms with Crippen molar-refractivity contribution in [1.82, 2.24) is 25.2 Å².